The second-order valence-corrected chi connectivity index (χ2v) is 5.07. The predicted molar refractivity (Wildman–Crippen MR) is 77.0 cm³/mol. The summed E-state index contributed by atoms with van der Waals surface area (Å²) in [6.45, 7) is 2.69. The molecule has 1 aromatic carbocycles. The van der Waals surface area contributed by atoms with Crippen molar-refractivity contribution in [3.05, 3.63) is 29.8 Å². The number of hydrogen-bond donors (Lipinski definition) is 3. The first-order chi connectivity index (χ1) is 8.76. The molecule has 18 heavy (non-hydrogen) atoms. The lowest BCUT2D eigenvalue weighted by Gasteiger charge is -2.08. The third kappa shape index (κ3) is 5.93. The number of rotatable bonds is 7. The first-order valence-electron chi connectivity index (χ1n) is 6.08. The standard InChI is InChI=1S/C13H20N2O2S/c1-2-18-10-11-5-3-6-12(9-11)15-13(17)14-7-4-8-16/h3,5-6,9,16H,2,4,7-8,10H2,1H3,(H2,14,15,17). The van der Waals surface area contributed by atoms with Crippen molar-refractivity contribution in [2.24, 2.45) is 0 Å². The van der Waals surface area contributed by atoms with Gasteiger partial charge in [0.25, 0.3) is 0 Å². The number of carbonyl (C=O) groups excluding carboxylic acids is 1. The first kappa shape index (κ1) is 14.9. The van der Waals surface area contributed by atoms with Gasteiger partial charge < -0.3 is 15.7 Å². The highest BCUT2D eigenvalue weighted by Crippen LogP contribution is 2.16. The lowest BCUT2D eigenvalue weighted by Crippen LogP contribution is -2.29. The molecule has 0 atom stereocenters. The minimum atomic E-state index is -0.233. The Labute approximate surface area is 112 Å². The molecular weight excluding hydrogens is 248 g/mol. The second-order valence-electron chi connectivity index (χ2n) is 3.80. The number of benzene rings is 1. The summed E-state index contributed by atoms with van der Waals surface area (Å²) < 4.78 is 0. The monoisotopic (exact) mass is 268 g/mol. The molecule has 1 aromatic rings. The minimum Gasteiger partial charge on any atom is -0.396 e. The van der Waals surface area contributed by atoms with Crippen molar-refractivity contribution in [1.82, 2.24) is 5.32 Å². The van der Waals surface area contributed by atoms with E-state index in [1.54, 1.807) is 0 Å². The number of aliphatic hydroxyl groups excluding tert-OH is 1. The molecule has 0 aliphatic rings. The molecular formula is C13H20N2O2S. The van der Waals surface area contributed by atoms with Gasteiger partial charge in [0.1, 0.15) is 0 Å². The molecule has 3 N–H and O–H groups in total. The largest absolute Gasteiger partial charge is 0.396 e. The van der Waals surface area contributed by atoms with Crippen LogP contribution in [0, 0.1) is 0 Å². The van der Waals surface area contributed by atoms with Crippen LogP contribution in [0.3, 0.4) is 0 Å². The Morgan fingerprint density at radius 3 is 3.00 bits per heavy atom. The normalized spacial score (nSPS) is 10.1. The summed E-state index contributed by atoms with van der Waals surface area (Å²) in [4.78, 5) is 11.5. The van der Waals surface area contributed by atoms with Crippen LogP contribution < -0.4 is 10.6 Å². The van der Waals surface area contributed by atoms with Crippen molar-refractivity contribution in [3.63, 3.8) is 0 Å². The summed E-state index contributed by atoms with van der Waals surface area (Å²) in [5.74, 6) is 2.04. The number of aliphatic hydroxyl groups is 1. The topological polar surface area (TPSA) is 61.4 Å². The molecule has 0 spiro atoms. The van der Waals surface area contributed by atoms with Crippen LogP contribution in [0.4, 0.5) is 10.5 Å². The van der Waals surface area contributed by atoms with Crippen LogP contribution in [0.2, 0.25) is 0 Å². The van der Waals surface area contributed by atoms with Crippen LogP contribution in [0.25, 0.3) is 0 Å². The number of nitrogens with one attached hydrogen (secondary N) is 2. The van der Waals surface area contributed by atoms with Gasteiger partial charge in [-0.15, -0.1) is 0 Å². The van der Waals surface area contributed by atoms with Crippen LogP contribution >= 0.6 is 11.8 Å². The lowest BCUT2D eigenvalue weighted by atomic mass is 10.2. The van der Waals surface area contributed by atoms with Crippen LogP contribution in [0.1, 0.15) is 18.9 Å². The fourth-order valence-electron chi connectivity index (χ4n) is 1.42. The smallest absolute Gasteiger partial charge is 0.319 e. The Bertz CT molecular complexity index is 372. The zero-order valence-electron chi connectivity index (χ0n) is 10.6. The van der Waals surface area contributed by atoms with Gasteiger partial charge in [0.15, 0.2) is 0 Å². The fourth-order valence-corrected chi connectivity index (χ4v) is 2.03. The summed E-state index contributed by atoms with van der Waals surface area (Å²) >= 11 is 1.85. The van der Waals surface area contributed by atoms with E-state index >= 15 is 0 Å². The number of amides is 2. The van der Waals surface area contributed by atoms with Gasteiger partial charge >= 0.3 is 6.03 Å². The van der Waals surface area contributed by atoms with Gasteiger partial charge in [-0.1, -0.05) is 19.1 Å². The first-order valence-corrected chi connectivity index (χ1v) is 7.24. The van der Waals surface area contributed by atoms with E-state index in [0.29, 0.717) is 13.0 Å². The second kappa shape index (κ2) is 8.83. The van der Waals surface area contributed by atoms with Gasteiger partial charge in [0.2, 0.25) is 0 Å². The van der Waals surface area contributed by atoms with Crippen LogP contribution in [-0.4, -0.2) is 30.0 Å². The maximum atomic E-state index is 11.5. The molecule has 0 aliphatic heterocycles. The van der Waals surface area contributed by atoms with Gasteiger partial charge in [-0.2, -0.15) is 11.8 Å². The van der Waals surface area contributed by atoms with Crippen LogP contribution in [0.5, 0.6) is 0 Å². The van der Waals surface area contributed by atoms with E-state index in [2.05, 4.69) is 23.6 Å². The van der Waals surface area contributed by atoms with Crippen LogP contribution in [-0.2, 0) is 5.75 Å². The molecule has 0 unspecified atom stereocenters. The van der Waals surface area contributed by atoms with Crippen LogP contribution in [0.15, 0.2) is 24.3 Å². The Morgan fingerprint density at radius 2 is 2.28 bits per heavy atom. The maximum Gasteiger partial charge on any atom is 0.319 e. The third-order valence-electron chi connectivity index (χ3n) is 2.28. The molecule has 0 fully saturated rings. The molecule has 4 nitrogen and oxygen atoms in total. The summed E-state index contributed by atoms with van der Waals surface area (Å²) in [7, 11) is 0. The molecule has 0 aromatic heterocycles. The zero-order chi connectivity index (χ0) is 13.2. The number of anilines is 1. The van der Waals surface area contributed by atoms with Gasteiger partial charge in [-0.25, -0.2) is 4.79 Å². The molecule has 0 aliphatic carbocycles. The molecule has 0 saturated heterocycles. The quantitative estimate of drug-likeness (QED) is 0.666. The van der Waals surface area contributed by atoms with Gasteiger partial charge in [-0.05, 0) is 29.9 Å². The molecule has 100 valence electrons. The van der Waals surface area contributed by atoms with E-state index in [1.165, 1.54) is 5.56 Å². The summed E-state index contributed by atoms with van der Waals surface area (Å²) in [6.07, 6.45) is 0.570. The van der Waals surface area contributed by atoms with E-state index in [-0.39, 0.29) is 12.6 Å². The van der Waals surface area contributed by atoms with Crippen molar-refractivity contribution in [3.8, 4) is 0 Å². The third-order valence-corrected chi connectivity index (χ3v) is 3.22. The molecule has 1 rings (SSSR count). The highest BCUT2D eigenvalue weighted by atomic mass is 32.2. The minimum absolute atomic E-state index is 0.0873. The van der Waals surface area contributed by atoms with Crippen molar-refractivity contribution >= 4 is 23.5 Å². The zero-order valence-corrected chi connectivity index (χ0v) is 11.4. The van der Waals surface area contributed by atoms with E-state index < -0.39 is 0 Å². The van der Waals surface area contributed by atoms with Crippen molar-refractivity contribution in [2.75, 3.05) is 24.2 Å². The number of hydrogen-bond acceptors (Lipinski definition) is 3. The van der Waals surface area contributed by atoms with E-state index in [9.17, 15) is 4.79 Å². The van der Waals surface area contributed by atoms with Crippen molar-refractivity contribution in [2.45, 2.75) is 19.1 Å². The Hall–Kier alpha value is -1.20. The summed E-state index contributed by atoms with van der Waals surface area (Å²) in [6, 6.07) is 7.61. The highest BCUT2D eigenvalue weighted by Gasteiger charge is 2.01. The average molecular weight is 268 g/mol. The highest BCUT2D eigenvalue weighted by molar-refractivity contribution is 7.98. The molecule has 0 saturated carbocycles. The molecule has 0 radical (unpaired) electrons. The Balaban J connectivity index is 2.43. The Kier molecular flexibility index (Phi) is 7.29. The summed E-state index contributed by atoms with van der Waals surface area (Å²) in [5, 5.41) is 14.1. The molecule has 2 amide bonds. The molecule has 5 heteroatoms. The predicted octanol–water partition coefficient (Wildman–Crippen LogP) is 2.44. The maximum absolute atomic E-state index is 11.5. The SMILES string of the molecule is CCSCc1cccc(NC(=O)NCCCO)c1. The van der Waals surface area contributed by atoms with Crippen molar-refractivity contribution in [1.29, 1.82) is 0 Å². The lowest BCUT2D eigenvalue weighted by molar-refractivity contribution is 0.249. The van der Waals surface area contributed by atoms with Crippen molar-refractivity contribution < 1.29 is 9.90 Å². The average Bonchev–Trinajstić information content (AvgIpc) is 2.37. The van der Waals surface area contributed by atoms with Gasteiger partial charge in [0, 0.05) is 24.6 Å². The van der Waals surface area contributed by atoms with E-state index in [0.717, 1.165) is 17.2 Å². The molecule has 0 heterocycles. The Morgan fingerprint density at radius 1 is 1.44 bits per heavy atom. The fraction of sp³-hybridized carbons (Fsp3) is 0.462. The molecule has 0 bridgehead atoms. The number of carbonyl (C=O) groups is 1. The summed E-state index contributed by atoms with van der Waals surface area (Å²) in [5.41, 5.74) is 2.00. The van der Waals surface area contributed by atoms with Gasteiger partial charge in [-0.3, -0.25) is 0 Å². The number of urea groups is 1. The van der Waals surface area contributed by atoms with E-state index in [4.69, 9.17) is 5.11 Å². The van der Waals surface area contributed by atoms with Gasteiger partial charge in [0.05, 0.1) is 0 Å². The van der Waals surface area contributed by atoms with E-state index in [1.807, 2.05) is 30.0 Å². The number of thioether (sulfide) groups is 1.